The summed E-state index contributed by atoms with van der Waals surface area (Å²) in [4.78, 5) is 0. The summed E-state index contributed by atoms with van der Waals surface area (Å²) in [6.45, 7) is 8.04. The van der Waals surface area contributed by atoms with Crippen LogP contribution in [0.2, 0.25) is 0 Å². The van der Waals surface area contributed by atoms with Crippen molar-refractivity contribution in [3.8, 4) is 0 Å². The third kappa shape index (κ3) is 7.57. The molecule has 3 rings (SSSR count). The lowest BCUT2D eigenvalue weighted by Crippen LogP contribution is -2.18. The maximum atomic E-state index is 14.0. The Bertz CT molecular complexity index is 1100. The number of nitrogens with one attached hydrogen (secondary N) is 2. The third-order valence-corrected chi connectivity index (χ3v) is 10.2. The van der Waals surface area contributed by atoms with E-state index in [9.17, 15) is 9.13 Å². The molecule has 0 bridgehead atoms. The number of para-hydroxylation sites is 2. The van der Waals surface area contributed by atoms with Gasteiger partial charge in [-0.2, -0.15) is 0 Å². The van der Waals surface area contributed by atoms with Gasteiger partial charge in [-0.15, -0.1) is 0 Å². The standard InChI is InChI=1S/C28H38N2O6P2/c1-5-33-37(31,34-6-2)27(23-17-11-9-12-18-23)29-25-21-15-16-22-26(25)30-28(24-19-13-10-14-20-24)38(32,35-7-3)36-8-4/h9-22,27-30H,5-8H2,1-4H3. The van der Waals surface area contributed by atoms with Crippen molar-refractivity contribution >= 4 is 26.6 Å². The summed E-state index contributed by atoms with van der Waals surface area (Å²) >= 11 is 0. The summed E-state index contributed by atoms with van der Waals surface area (Å²) < 4.78 is 50.9. The van der Waals surface area contributed by atoms with Gasteiger partial charge in [0.15, 0.2) is 11.6 Å². The van der Waals surface area contributed by atoms with E-state index in [2.05, 4.69) is 10.6 Å². The van der Waals surface area contributed by atoms with Crippen LogP contribution in [-0.4, -0.2) is 26.4 Å². The van der Waals surface area contributed by atoms with Gasteiger partial charge in [-0.3, -0.25) is 9.13 Å². The second kappa shape index (κ2) is 14.6. The molecule has 8 nitrogen and oxygen atoms in total. The molecule has 38 heavy (non-hydrogen) atoms. The third-order valence-electron chi connectivity index (χ3n) is 5.61. The second-order valence-electron chi connectivity index (χ2n) is 8.21. The van der Waals surface area contributed by atoms with E-state index in [1.165, 1.54) is 0 Å². The summed E-state index contributed by atoms with van der Waals surface area (Å²) in [7, 11) is -7.25. The zero-order valence-corrected chi connectivity index (χ0v) is 24.2. The molecule has 3 aromatic carbocycles. The zero-order valence-electron chi connectivity index (χ0n) is 22.4. The van der Waals surface area contributed by atoms with Crippen molar-refractivity contribution in [2.75, 3.05) is 37.1 Å². The van der Waals surface area contributed by atoms with Gasteiger partial charge in [0.05, 0.1) is 37.8 Å². The van der Waals surface area contributed by atoms with Crippen LogP contribution in [0, 0.1) is 0 Å². The lowest BCUT2D eigenvalue weighted by molar-refractivity contribution is 0.213. The van der Waals surface area contributed by atoms with Gasteiger partial charge in [0.1, 0.15) is 0 Å². The molecule has 206 valence electrons. The molecule has 0 aliphatic rings. The van der Waals surface area contributed by atoms with Crippen molar-refractivity contribution in [3.63, 3.8) is 0 Å². The van der Waals surface area contributed by atoms with Crippen molar-refractivity contribution in [2.45, 2.75) is 39.3 Å². The van der Waals surface area contributed by atoms with Gasteiger partial charge in [-0.25, -0.2) is 0 Å². The van der Waals surface area contributed by atoms with Crippen LogP contribution in [0.25, 0.3) is 0 Å². The Morgan fingerprint density at radius 3 is 1.11 bits per heavy atom. The van der Waals surface area contributed by atoms with Crippen molar-refractivity contribution in [3.05, 3.63) is 96.1 Å². The fraction of sp³-hybridized carbons (Fsp3) is 0.357. The lowest BCUT2D eigenvalue weighted by atomic mass is 10.2. The Labute approximate surface area is 226 Å². The topological polar surface area (TPSA) is 95.1 Å². The summed E-state index contributed by atoms with van der Waals surface area (Å²) in [5, 5.41) is 6.80. The highest BCUT2D eigenvalue weighted by molar-refractivity contribution is 7.54. The van der Waals surface area contributed by atoms with Crippen LogP contribution in [0.5, 0.6) is 0 Å². The molecule has 2 unspecified atom stereocenters. The first kappa shape index (κ1) is 30.1. The molecule has 0 radical (unpaired) electrons. The first-order valence-corrected chi connectivity index (χ1v) is 16.1. The molecule has 10 heteroatoms. The van der Waals surface area contributed by atoms with Crippen LogP contribution in [0.1, 0.15) is 50.4 Å². The predicted molar refractivity (Wildman–Crippen MR) is 154 cm³/mol. The second-order valence-corrected chi connectivity index (χ2v) is 12.4. The first-order chi connectivity index (χ1) is 18.4. The summed E-state index contributed by atoms with van der Waals surface area (Å²) in [6, 6.07) is 26.3. The Morgan fingerprint density at radius 2 is 0.816 bits per heavy atom. The molecule has 0 spiro atoms. The van der Waals surface area contributed by atoms with Gasteiger partial charge in [0.2, 0.25) is 0 Å². The Hall–Kier alpha value is -2.44. The van der Waals surface area contributed by atoms with E-state index in [0.29, 0.717) is 11.4 Å². The minimum absolute atomic E-state index is 0.226. The number of hydrogen-bond donors (Lipinski definition) is 2. The molecule has 0 saturated heterocycles. The van der Waals surface area contributed by atoms with Crippen LogP contribution in [-0.2, 0) is 27.2 Å². The van der Waals surface area contributed by atoms with Crippen LogP contribution in [0.15, 0.2) is 84.9 Å². The molecule has 0 amide bonds. The predicted octanol–water partition coefficient (Wildman–Crippen LogP) is 8.44. The molecular weight excluding hydrogens is 522 g/mol. The average molecular weight is 561 g/mol. The SMILES string of the molecule is CCOP(=O)(OCC)C(Nc1ccccc1NC(c1ccccc1)P(=O)(OCC)OCC)c1ccccc1. The van der Waals surface area contributed by atoms with Crippen LogP contribution >= 0.6 is 15.2 Å². The fourth-order valence-electron chi connectivity index (χ4n) is 4.08. The largest absolute Gasteiger partial charge is 0.366 e. The Morgan fingerprint density at radius 1 is 0.526 bits per heavy atom. The molecule has 0 aromatic heterocycles. The Balaban J connectivity index is 2.07. The maximum absolute atomic E-state index is 14.0. The van der Waals surface area contributed by atoms with Crippen molar-refractivity contribution in [1.82, 2.24) is 0 Å². The molecule has 3 aromatic rings. The van der Waals surface area contributed by atoms with E-state index in [-0.39, 0.29) is 26.4 Å². The van der Waals surface area contributed by atoms with Gasteiger partial charge < -0.3 is 28.7 Å². The number of rotatable bonds is 16. The molecule has 0 aliphatic carbocycles. The smallest absolute Gasteiger partial charge is 0.357 e. The minimum atomic E-state index is -3.63. The fourth-order valence-corrected chi connectivity index (χ4v) is 7.94. The highest BCUT2D eigenvalue weighted by Crippen LogP contribution is 2.63. The van der Waals surface area contributed by atoms with Gasteiger partial charge in [0.25, 0.3) is 0 Å². The average Bonchev–Trinajstić information content (AvgIpc) is 2.92. The van der Waals surface area contributed by atoms with E-state index in [1.807, 2.05) is 84.9 Å². The highest BCUT2D eigenvalue weighted by Gasteiger charge is 2.39. The van der Waals surface area contributed by atoms with Crippen molar-refractivity contribution in [1.29, 1.82) is 0 Å². The number of anilines is 2. The zero-order chi connectivity index (χ0) is 27.4. The first-order valence-electron chi connectivity index (χ1n) is 12.9. The van der Waals surface area contributed by atoms with Crippen LogP contribution in [0.3, 0.4) is 0 Å². The van der Waals surface area contributed by atoms with Crippen molar-refractivity contribution in [2.24, 2.45) is 0 Å². The normalized spacial score (nSPS) is 13.6. The summed E-state index contributed by atoms with van der Waals surface area (Å²) in [6.07, 6.45) is 0. The van der Waals surface area contributed by atoms with E-state index >= 15 is 0 Å². The van der Waals surface area contributed by atoms with E-state index in [0.717, 1.165) is 11.1 Å². The van der Waals surface area contributed by atoms with Gasteiger partial charge in [-0.05, 0) is 51.0 Å². The minimum Gasteiger partial charge on any atom is -0.366 e. The summed E-state index contributed by atoms with van der Waals surface area (Å²) in [5.41, 5.74) is 2.76. The monoisotopic (exact) mass is 560 g/mol. The molecule has 0 aliphatic heterocycles. The lowest BCUT2D eigenvalue weighted by Gasteiger charge is -2.31. The molecule has 0 fully saturated rings. The summed E-state index contributed by atoms with van der Waals surface area (Å²) in [5.74, 6) is -1.57. The molecule has 2 N–H and O–H groups in total. The number of benzene rings is 3. The maximum Gasteiger partial charge on any atom is 0.357 e. The molecule has 0 saturated carbocycles. The van der Waals surface area contributed by atoms with E-state index < -0.39 is 26.8 Å². The van der Waals surface area contributed by atoms with E-state index in [4.69, 9.17) is 18.1 Å². The van der Waals surface area contributed by atoms with Crippen LogP contribution < -0.4 is 10.6 Å². The van der Waals surface area contributed by atoms with Gasteiger partial charge in [0, 0.05) is 0 Å². The Kier molecular flexibility index (Phi) is 11.6. The van der Waals surface area contributed by atoms with Crippen LogP contribution in [0.4, 0.5) is 11.4 Å². The van der Waals surface area contributed by atoms with Gasteiger partial charge in [-0.1, -0.05) is 72.8 Å². The molecular formula is C28H38N2O6P2. The molecule has 0 heterocycles. The highest BCUT2D eigenvalue weighted by atomic mass is 31.2. The quantitative estimate of drug-likeness (QED) is 0.169. The molecule has 2 atom stereocenters. The van der Waals surface area contributed by atoms with Crippen molar-refractivity contribution < 1.29 is 27.2 Å². The van der Waals surface area contributed by atoms with E-state index in [1.54, 1.807) is 27.7 Å². The van der Waals surface area contributed by atoms with Gasteiger partial charge >= 0.3 is 15.2 Å². The number of hydrogen-bond acceptors (Lipinski definition) is 8.